The lowest BCUT2D eigenvalue weighted by atomic mass is 9.95. The minimum Gasteiger partial charge on any atom is -0.467 e. The van der Waals surface area contributed by atoms with Crippen LogP contribution < -0.4 is 0 Å². The summed E-state index contributed by atoms with van der Waals surface area (Å²) in [6.45, 7) is 4.59. The number of methoxy groups -OCH3 is 1. The van der Waals surface area contributed by atoms with Gasteiger partial charge >= 0.3 is 5.97 Å². The lowest BCUT2D eigenvalue weighted by molar-refractivity contribution is -0.152. The van der Waals surface area contributed by atoms with Crippen LogP contribution >= 0.6 is 0 Å². The van der Waals surface area contributed by atoms with Crippen LogP contribution in [0.25, 0.3) is 0 Å². The lowest BCUT2D eigenvalue weighted by Crippen LogP contribution is -2.51. The van der Waals surface area contributed by atoms with Crippen LogP contribution in [0.5, 0.6) is 0 Å². The van der Waals surface area contributed by atoms with E-state index in [2.05, 4.69) is 16.6 Å². The fourth-order valence-electron chi connectivity index (χ4n) is 1.87. The molecule has 0 amide bonds. The summed E-state index contributed by atoms with van der Waals surface area (Å²) in [5, 5.41) is 9.35. The smallest absolute Gasteiger partial charge is 0.336 e. The highest BCUT2D eigenvalue weighted by molar-refractivity contribution is 5.74. The zero-order valence-electron chi connectivity index (χ0n) is 8.90. The van der Waals surface area contributed by atoms with Crippen LogP contribution in [-0.2, 0) is 9.53 Å². The molecule has 1 rings (SSSR count). The second kappa shape index (κ2) is 5.32. The first-order valence-electron chi connectivity index (χ1n) is 5.15. The van der Waals surface area contributed by atoms with Crippen LogP contribution in [0.2, 0.25) is 0 Å². The number of esters is 1. The van der Waals surface area contributed by atoms with E-state index >= 15 is 0 Å². The van der Waals surface area contributed by atoms with Crippen LogP contribution in [0.3, 0.4) is 0 Å². The Hall–Kier alpha value is -0.610. The van der Waals surface area contributed by atoms with Crippen molar-refractivity contribution in [3.8, 4) is 0 Å². The predicted molar refractivity (Wildman–Crippen MR) is 52.9 cm³/mol. The summed E-state index contributed by atoms with van der Waals surface area (Å²) in [6.07, 6.45) is 1.46. The van der Waals surface area contributed by atoms with Gasteiger partial charge in [0.2, 0.25) is 0 Å². The fourth-order valence-corrected chi connectivity index (χ4v) is 1.87. The van der Waals surface area contributed by atoms with Gasteiger partial charge in [0.25, 0.3) is 0 Å². The fraction of sp³-hybridized carbons (Fsp3) is 0.900. The maximum absolute atomic E-state index is 10.9. The third-order valence-corrected chi connectivity index (χ3v) is 2.63. The maximum Gasteiger partial charge on any atom is 0.336 e. The van der Waals surface area contributed by atoms with Gasteiger partial charge in [0, 0.05) is 19.6 Å². The van der Waals surface area contributed by atoms with Crippen molar-refractivity contribution in [2.45, 2.75) is 25.9 Å². The Labute approximate surface area is 84.8 Å². The SMILES string of the molecule is CCCC1CN(CC(O)C(=O)OC)C1. The number of likely N-dealkylation sites (tertiary alicyclic amines) is 1. The minimum atomic E-state index is -0.984. The number of carbonyl (C=O) groups excluding carboxylic acids is 1. The molecule has 0 radical (unpaired) electrons. The summed E-state index contributed by atoms with van der Waals surface area (Å²) in [6, 6.07) is 0. The Kier molecular flexibility index (Phi) is 4.35. The molecule has 0 aromatic heterocycles. The summed E-state index contributed by atoms with van der Waals surface area (Å²) in [5.41, 5.74) is 0. The molecule has 0 aromatic rings. The van der Waals surface area contributed by atoms with Crippen molar-refractivity contribution >= 4 is 5.97 Å². The molecule has 1 aliphatic heterocycles. The summed E-state index contributed by atoms with van der Waals surface area (Å²) in [5.74, 6) is 0.216. The lowest BCUT2D eigenvalue weighted by Gasteiger charge is -2.39. The largest absolute Gasteiger partial charge is 0.467 e. The third kappa shape index (κ3) is 2.96. The van der Waals surface area contributed by atoms with Crippen molar-refractivity contribution in [2.75, 3.05) is 26.7 Å². The minimum absolute atomic E-state index is 0.410. The topological polar surface area (TPSA) is 49.8 Å². The number of ether oxygens (including phenoxy) is 1. The molecule has 0 aromatic carbocycles. The summed E-state index contributed by atoms with van der Waals surface area (Å²) in [7, 11) is 1.29. The molecule has 0 saturated carbocycles. The van der Waals surface area contributed by atoms with Gasteiger partial charge in [-0.3, -0.25) is 4.90 Å². The van der Waals surface area contributed by atoms with Gasteiger partial charge in [-0.25, -0.2) is 4.79 Å². The second-order valence-electron chi connectivity index (χ2n) is 3.91. The van der Waals surface area contributed by atoms with E-state index in [0.29, 0.717) is 6.54 Å². The molecule has 1 atom stereocenters. The quantitative estimate of drug-likeness (QED) is 0.648. The van der Waals surface area contributed by atoms with E-state index in [1.807, 2.05) is 0 Å². The zero-order valence-corrected chi connectivity index (χ0v) is 8.90. The average molecular weight is 201 g/mol. The molecule has 1 saturated heterocycles. The molecule has 0 aliphatic carbocycles. The van der Waals surface area contributed by atoms with Gasteiger partial charge in [-0.1, -0.05) is 13.3 Å². The summed E-state index contributed by atoms with van der Waals surface area (Å²) >= 11 is 0. The van der Waals surface area contributed by atoms with Gasteiger partial charge in [-0.05, 0) is 12.3 Å². The first-order valence-corrected chi connectivity index (χ1v) is 5.15. The highest BCUT2D eigenvalue weighted by atomic mass is 16.5. The molecular weight excluding hydrogens is 182 g/mol. The standard InChI is InChI=1S/C10H19NO3/c1-3-4-8-5-11(6-8)7-9(12)10(13)14-2/h8-9,12H,3-7H2,1-2H3. The average Bonchev–Trinajstić information content (AvgIpc) is 2.13. The Morgan fingerprint density at radius 3 is 2.79 bits per heavy atom. The van der Waals surface area contributed by atoms with Gasteiger partial charge in [0.05, 0.1) is 7.11 Å². The van der Waals surface area contributed by atoms with Gasteiger partial charge in [0.1, 0.15) is 0 Å². The molecule has 1 aliphatic rings. The first kappa shape index (κ1) is 11.5. The van der Waals surface area contributed by atoms with Crippen LogP contribution in [0.1, 0.15) is 19.8 Å². The van der Waals surface area contributed by atoms with Crippen molar-refractivity contribution in [3.63, 3.8) is 0 Å². The van der Waals surface area contributed by atoms with Gasteiger partial charge in [0.15, 0.2) is 6.10 Å². The van der Waals surface area contributed by atoms with E-state index < -0.39 is 12.1 Å². The van der Waals surface area contributed by atoms with Gasteiger partial charge in [-0.2, -0.15) is 0 Å². The van der Waals surface area contributed by atoms with E-state index in [4.69, 9.17) is 0 Å². The first-order chi connectivity index (χ1) is 6.67. The van der Waals surface area contributed by atoms with E-state index in [9.17, 15) is 9.90 Å². The van der Waals surface area contributed by atoms with E-state index in [-0.39, 0.29) is 0 Å². The molecular formula is C10H19NO3. The molecule has 1 N–H and O–H groups in total. The second-order valence-corrected chi connectivity index (χ2v) is 3.91. The van der Waals surface area contributed by atoms with Gasteiger partial charge < -0.3 is 9.84 Å². The van der Waals surface area contributed by atoms with E-state index in [1.54, 1.807) is 0 Å². The number of β-amino-alcohol motifs (C(OH)–C–C–N with tert-alkyl or cyclic N) is 1. The Morgan fingerprint density at radius 2 is 2.29 bits per heavy atom. The summed E-state index contributed by atoms with van der Waals surface area (Å²) < 4.78 is 4.44. The Morgan fingerprint density at radius 1 is 1.64 bits per heavy atom. The number of hydrogen-bond donors (Lipinski definition) is 1. The van der Waals surface area contributed by atoms with Crippen molar-refractivity contribution in [3.05, 3.63) is 0 Å². The van der Waals surface area contributed by atoms with Crippen LogP contribution in [-0.4, -0.2) is 48.8 Å². The molecule has 1 fully saturated rings. The van der Waals surface area contributed by atoms with Crippen LogP contribution in [0, 0.1) is 5.92 Å². The number of aliphatic hydroxyl groups is 1. The number of nitrogens with zero attached hydrogens (tertiary/aromatic N) is 1. The number of aliphatic hydroxyl groups excluding tert-OH is 1. The molecule has 4 nitrogen and oxygen atoms in total. The van der Waals surface area contributed by atoms with Crippen molar-refractivity contribution in [2.24, 2.45) is 5.92 Å². The van der Waals surface area contributed by atoms with Crippen LogP contribution in [0.15, 0.2) is 0 Å². The van der Waals surface area contributed by atoms with Crippen molar-refractivity contribution in [1.29, 1.82) is 0 Å². The predicted octanol–water partition coefficient (Wildman–Crippen LogP) is 0.252. The number of rotatable bonds is 5. The highest BCUT2D eigenvalue weighted by Gasteiger charge is 2.29. The molecule has 14 heavy (non-hydrogen) atoms. The molecule has 82 valence electrons. The van der Waals surface area contributed by atoms with E-state index in [0.717, 1.165) is 19.0 Å². The molecule has 0 bridgehead atoms. The maximum atomic E-state index is 10.9. The third-order valence-electron chi connectivity index (χ3n) is 2.63. The zero-order chi connectivity index (χ0) is 10.6. The normalized spacial score (nSPS) is 20.2. The van der Waals surface area contributed by atoms with Gasteiger partial charge in [-0.15, -0.1) is 0 Å². The molecule has 1 unspecified atom stereocenters. The van der Waals surface area contributed by atoms with Crippen LogP contribution in [0.4, 0.5) is 0 Å². The molecule has 1 heterocycles. The summed E-state index contributed by atoms with van der Waals surface area (Å²) in [4.78, 5) is 13.0. The van der Waals surface area contributed by atoms with E-state index in [1.165, 1.54) is 20.0 Å². The Balaban J connectivity index is 2.13. The molecule has 4 heteroatoms. The number of hydrogen-bond acceptors (Lipinski definition) is 4. The van der Waals surface area contributed by atoms with Crippen molar-refractivity contribution in [1.82, 2.24) is 4.90 Å². The Bertz CT molecular complexity index is 190. The van der Waals surface area contributed by atoms with Crippen molar-refractivity contribution < 1.29 is 14.6 Å². The molecule has 0 spiro atoms. The highest BCUT2D eigenvalue weighted by Crippen LogP contribution is 2.20. The monoisotopic (exact) mass is 201 g/mol. The number of carbonyl (C=O) groups is 1.